The Labute approximate surface area is 124 Å². The van der Waals surface area contributed by atoms with Crippen molar-refractivity contribution in [1.82, 2.24) is 0 Å². The van der Waals surface area contributed by atoms with E-state index in [0.717, 1.165) is 37.1 Å². The molecule has 20 heavy (non-hydrogen) atoms. The van der Waals surface area contributed by atoms with Gasteiger partial charge >= 0.3 is 0 Å². The maximum atomic E-state index is 10.6. The Morgan fingerprint density at radius 1 is 0.600 bits per heavy atom. The van der Waals surface area contributed by atoms with Crippen LogP contribution in [0, 0.1) is 0 Å². The van der Waals surface area contributed by atoms with Gasteiger partial charge in [0.05, 0.1) is 0 Å². The number of nitrogens with zero attached hydrogens (tertiary/aromatic N) is 2. The molecular weight excluding hydrogens is 244 g/mol. The molecule has 0 aromatic carbocycles. The molecule has 0 fully saturated rings. The van der Waals surface area contributed by atoms with Gasteiger partial charge in [0.15, 0.2) is 11.4 Å². The SMILES string of the molecule is [N-]=[N+](C1=CCCCCCCC1)C1=CCCCCCCC1. The smallest absolute Gasteiger partial charge is 0.171 e. The molecule has 2 aliphatic carbocycles. The van der Waals surface area contributed by atoms with Gasteiger partial charge in [-0.3, -0.25) is 4.70 Å². The lowest BCUT2D eigenvalue weighted by atomic mass is 10.1. The minimum absolute atomic E-state index is 1.04. The van der Waals surface area contributed by atoms with Crippen LogP contribution in [0.1, 0.15) is 89.9 Å². The molecule has 0 aromatic heterocycles. The third-order valence-corrected chi connectivity index (χ3v) is 4.58. The molecule has 0 unspecified atom stereocenters. The van der Waals surface area contributed by atoms with E-state index in [4.69, 9.17) is 0 Å². The molecule has 2 nitrogen and oxygen atoms in total. The topological polar surface area (TPSA) is 25.3 Å². The molecule has 0 saturated carbocycles. The first-order valence-corrected chi connectivity index (χ1v) is 8.75. The van der Waals surface area contributed by atoms with Gasteiger partial charge < -0.3 is 5.53 Å². The van der Waals surface area contributed by atoms with E-state index in [0.29, 0.717) is 0 Å². The molecule has 2 aliphatic rings. The van der Waals surface area contributed by atoms with Crippen LogP contribution >= 0.6 is 0 Å². The Morgan fingerprint density at radius 3 is 1.50 bits per heavy atom. The Morgan fingerprint density at radius 2 is 1.00 bits per heavy atom. The number of allylic oxidation sites excluding steroid dienone is 4. The summed E-state index contributed by atoms with van der Waals surface area (Å²) in [6, 6.07) is 0. The van der Waals surface area contributed by atoms with Crippen molar-refractivity contribution < 1.29 is 4.70 Å². The van der Waals surface area contributed by atoms with Crippen LogP contribution in [0.3, 0.4) is 0 Å². The molecule has 2 heteroatoms. The van der Waals surface area contributed by atoms with Crippen molar-refractivity contribution >= 4 is 0 Å². The minimum Gasteiger partial charge on any atom is -0.494 e. The second-order valence-electron chi connectivity index (χ2n) is 6.32. The highest BCUT2D eigenvalue weighted by Gasteiger charge is 2.15. The highest BCUT2D eigenvalue weighted by atomic mass is 15.2. The fourth-order valence-corrected chi connectivity index (χ4v) is 3.27. The van der Waals surface area contributed by atoms with Crippen LogP contribution in [0.25, 0.3) is 5.53 Å². The highest BCUT2D eigenvalue weighted by molar-refractivity contribution is 5.00. The van der Waals surface area contributed by atoms with E-state index in [1.54, 1.807) is 0 Å². The lowest BCUT2D eigenvalue weighted by Crippen LogP contribution is -2.07. The largest absolute Gasteiger partial charge is 0.494 e. The van der Waals surface area contributed by atoms with Crippen LogP contribution in [-0.2, 0) is 0 Å². The maximum absolute atomic E-state index is 10.6. The maximum Gasteiger partial charge on any atom is 0.171 e. The van der Waals surface area contributed by atoms with E-state index in [2.05, 4.69) is 12.2 Å². The minimum atomic E-state index is 1.04. The van der Waals surface area contributed by atoms with E-state index in [1.165, 1.54) is 68.9 Å². The van der Waals surface area contributed by atoms with E-state index < -0.39 is 0 Å². The lowest BCUT2D eigenvalue weighted by molar-refractivity contribution is -0.452. The van der Waals surface area contributed by atoms with Crippen molar-refractivity contribution in [2.75, 3.05) is 0 Å². The highest BCUT2D eigenvalue weighted by Crippen LogP contribution is 2.24. The summed E-state index contributed by atoms with van der Waals surface area (Å²) in [6.07, 6.45) is 21.9. The van der Waals surface area contributed by atoms with Gasteiger partial charge in [-0.25, -0.2) is 0 Å². The predicted molar refractivity (Wildman–Crippen MR) is 84.4 cm³/mol. The second-order valence-corrected chi connectivity index (χ2v) is 6.32. The molecule has 0 spiro atoms. The summed E-state index contributed by atoms with van der Waals surface area (Å²) in [6.45, 7) is 0. The van der Waals surface area contributed by atoms with E-state index in [1.807, 2.05) is 0 Å². The molecule has 0 aliphatic heterocycles. The first kappa shape index (κ1) is 15.5. The molecule has 2 rings (SSSR count). The molecule has 0 amide bonds. The van der Waals surface area contributed by atoms with E-state index in [-0.39, 0.29) is 0 Å². The van der Waals surface area contributed by atoms with Crippen LogP contribution in [0.2, 0.25) is 0 Å². The normalized spacial score (nSPS) is 23.0. The van der Waals surface area contributed by atoms with Gasteiger partial charge in [0.1, 0.15) is 0 Å². The van der Waals surface area contributed by atoms with Crippen LogP contribution in [0.4, 0.5) is 0 Å². The zero-order valence-electron chi connectivity index (χ0n) is 12.9. The standard InChI is InChI=1S/C18H30N2/c19-20(17-13-9-5-1-2-6-10-14-17)18-15-11-7-3-4-8-12-16-18/h13,15H,1-12,14,16H2. The third-order valence-electron chi connectivity index (χ3n) is 4.58. The van der Waals surface area contributed by atoms with Crippen molar-refractivity contribution in [3.63, 3.8) is 0 Å². The summed E-state index contributed by atoms with van der Waals surface area (Å²) in [5, 5.41) is 0. The number of hydrogen-bond donors (Lipinski definition) is 0. The van der Waals surface area contributed by atoms with Gasteiger partial charge in [-0.2, -0.15) is 0 Å². The molecule has 0 saturated heterocycles. The van der Waals surface area contributed by atoms with Gasteiger partial charge in [-0.05, 0) is 50.7 Å². The van der Waals surface area contributed by atoms with Crippen LogP contribution in [-0.4, -0.2) is 4.70 Å². The van der Waals surface area contributed by atoms with E-state index in [9.17, 15) is 5.53 Å². The quantitative estimate of drug-likeness (QED) is 0.418. The average molecular weight is 274 g/mol. The van der Waals surface area contributed by atoms with Gasteiger partial charge in [0.25, 0.3) is 0 Å². The second kappa shape index (κ2) is 9.10. The van der Waals surface area contributed by atoms with Gasteiger partial charge in [-0.1, -0.05) is 38.5 Å². The van der Waals surface area contributed by atoms with E-state index >= 15 is 0 Å². The van der Waals surface area contributed by atoms with Crippen molar-refractivity contribution in [3.8, 4) is 0 Å². The Bertz CT molecular complexity index is 332. The van der Waals surface area contributed by atoms with Crippen molar-refractivity contribution in [2.24, 2.45) is 0 Å². The van der Waals surface area contributed by atoms with Crippen LogP contribution in [0.15, 0.2) is 23.5 Å². The molecule has 0 heterocycles. The first-order valence-electron chi connectivity index (χ1n) is 8.75. The first-order chi connectivity index (χ1) is 9.88. The zero-order chi connectivity index (χ0) is 14.0. The lowest BCUT2D eigenvalue weighted by Gasteiger charge is -2.12. The van der Waals surface area contributed by atoms with Gasteiger partial charge in [-0.15, -0.1) is 0 Å². The predicted octanol–water partition coefficient (Wildman–Crippen LogP) is 6.28. The molecular formula is C18H30N2. The third kappa shape index (κ3) is 5.22. The molecule has 0 radical (unpaired) electrons. The average Bonchev–Trinajstić information content (AvgIpc) is 2.69. The summed E-state index contributed by atoms with van der Waals surface area (Å²) in [4.78, 5) is 0. The summed E-state index contributed by atoms with van der Waals surface area (Å²) in [5.41, 5.74) is 12.9. The summed E-state index contributed by atoms with van der Waals surface area (Å²) < 4.78 is 1.54. The Hall–Kier alpha value is -0.920. The van der Waals surface area contributed by atoms with Crippen molar-refractivity contribution in [2.45, 2.75) is 89.9 Å². The Balaban J connectivity index is 2.01. The van der Waals surface area contributed by atoms with Crippen LogP contribution in [0.5, 0.6) is 0 Å². The number of rotatable bonds is 2. The van der Waals surface area contributed by atoms with Gasteiger partial charge in [0, 0.05) is 12.8 Å². The van der Waals surface area contributed by atoms with Gasteiger partial charge in [0.2, 0.25) is 0 Å². The van der Waals surface area contributed by atoms with Crippen LogP contribution < -0.4 is 0 Å². The number of hydrogen-bond acceptors (Lipinski definition) is 0. The fraction of sp³-hybridized carbons (Fsp3) is 0.778. The zero-order valence-corrected chi connectivity index (χ0v) is 12.9. The van der Waals surface area contributed by atoms with Crippen molar-refractivity contribution in [1.29, 1.82) is 0 Å². The fourth-order valence-electron chi connectivity index (χ4n) is 3.27. The summed E-state index contributed by atoms with van der Waals surface area (Å²) in [5.74, 6) is 0. The van der Waals surface area contributed by atoms with Crippen molar-refractivity contribution in [3.05, 3.63) is 29.1 Å². The Kier molecular flexibility index (Phi) is 7.04. The molecule has 0 atom stereocenters. The molecule has 0 bridgehead atoms. The monoisotopic (exact) mass is 274 g/mol. The molecule has 0 aromatic rings. The summed E-state index contributed by atoms with van der Waals surface area (Å²) in [7, 11) is 0. The summed E-state index contributed by atoms with van der Waals surface area (Å²) >= 11 is 0. The molecule has 112 valence electrons. The molecule has 0 N–H and O–H groups in total.